The molecular formula is C15H21N3O4. The third-order valence-corrected chi connectivity index (χ3v) is 3.46. The Morgan fingerprint density at radius 2 is 2.23 bits per heavy atom. The fourth-order valence-corrected chi connectivity index (χ4v) is 2.34. The molecule has 0 bridgehead atoms. The summed E-state index contributed by atoms with van der Waals surface area (Å²) in [5.74, 6) is 0.610. The van der Waals surface area contributed by atoms with Gasteiger partial charge in [0, 0.05) is 26.1 Å². The summed E-state index contributed by atoms with van der Waals surface area (Å²) < 4.78 is 5.14. The molecule has 0 radical (unpaired) electrons. The first kappa shape index (κ1) is 16.1. The normalized spacial score (nSPS) is 15.5. The minimum absolute atomic E-state index is 0.0533. The van der Waals surface area contributed by atoms with Crippen molar-refractivity contribution in [3.63, 3.8) is 0 Å². The number of nitrogens with one attached hydrogen (secondary N) is 2. The van der Waals surface area contributed by atoms with Gasteiger partial charge in [-0.3, -0.25) is 4.79 Å². The Balaban J connectivity index is 1.76. The third-order valence-electron chi connectivity index (χ3n) is 3.46. The van der Waals surface area contributed by atoms with Gasteiger partial charge in [-0.15, -0.1) is 0 Å². The Hall–Kier alpha value is -2.28. The third kappa shape index (κ3) is 4.36. The van der Waals surface area contributed by atoms with Crippen LogP contribution in [0.4, 0.5) is 10.5 Å². The van der Waals surface area contributed by atoms with Gasteiger partial charge in [0.1, 0.15) is 5.75 Å². The molecule has 1 atom stereocenters. The molecule has 1 saturated heterocycles. The summed E-state index contributed by atoms with van der Waals surface area (Å²) in [5.41, 5.74) is 0.548. The predicted molar refractivity (Wildman–Crippen MR) is 81.8 cm³/mol. The van der Waals surface area contributed by atoms with Gasteiger partial charge in [0.05, 0.1) is 18.9 Å². The number of β-amino-alcohol motifs (C(OH)–C–C–N with tert-alkyl or cyclic N) is 1. The van der Waals surface area contributed by atoms with Crippen LogP contribution in [0.3, 0.4) is 0 Å². The number of carbonyl (C=O) groups is 2. The summed E-state index contributed by atoms with van der Waals surface area (Å²) in [5, 5.41) is 15.1. The monoisotopic (exact) mass is 307 g/mol. The van der Waals surface area contributed by atoms with Crippen molar-refractivity contribution < 1.29 is 19.4 Å². The zero-order chi connectivity index (χ0) is 15.9. The summed E-state index contributed by atoms with van der Waals surface area (Å²) >= 11 is 0. The van der Waals surface area contributed by atoms with E-state index in [9.17, 15) is 14.7 Å². The van der Waals surface area contributed by atoms with E-state index in [0.29, 0.717) is 24.4 Å². The minimum atomic E-state index is -0.787. The lowest BCUT2D eigenvalue weighted by Crippen LogP contribution is -2.41. The van der Waals surface area contributed by atoms with Crippen LogP contribution in [-0.2, 0) is 4.79 Å². The molecule has 1 aromatic carbocycles. The lowest BCUT2D eigenvalue weighted by atomic mass is 10.3. The second-order valence-electron chi connectivity index (χ2n) is 5.13. The van der Waals surface area contributed by atoms with Crippen LogP contribution in [0.5, 0.6) is 5.75 Å². The Bertz CT molecular complexity index is 535. The van der Waals surface area contributed by atoms with E-state index in [0.717, 1.165) is 6.42 Å². The van der Waals surface area contributed by atoms with E-state index in [2.05, 4.69) is 10.6 Å². The lowest BCUT2D eigenvalue weighted by molar-refractivity contribution is -0.128. The molecule has 7 nitrogen and oxygen atoms in total. The van der Waals surface area contributed by atoms with Crippen LogP contribution >= 0.6 is 0 Å². The lowest BCUT2D eigenvalue weighted by Gasteiger charge is -2.20. The molecule has 2 rings (SSSR count). The average molecular weight is 307 g/mol. The quantitative estimate of drug-likeness (QED) is 0.725. The summed E-state index contributed by atoms with van der Waals surface area (Å²) in [4.78, 5) is 24.9. The molecule has 0 aromatic heterocycles. The number of methoxy groups -OCH3 is 1. The van der Waals surface area contributed by atoms with Gasteiger partial charge in [-0.2, -0.15) is 0 Å². The maximum Gasteiger partial charge on any atom is 0.319 e. The largest absolute Gasteiger partial charge is 0.495 e. The highest BCUT2D eigenvalue weighted by Gasteiger charge is 2.22. The number of hydrogen-bond donors (Lipinski definition) is 3. The van der Waals surface area contributed by atoms with Crippen LogP contribution in [-0.4, -0.2) is 54.8 Å². The smallest absolute Gasteiger partial charge is 0.319 e. The predicted octanol–water partition coefficient (Wildman–Crippen LogP) is 0.800. The van der Waals surface area contributed by atoms with Crippen molar-refractivity contribution in [1.82, 2.24) is 10.2 Å². The average Bonchev–Trinajstić information content (AvgIpc) is 2.91. The fraction of sp³-hybridized carbons (Fsp3) is 0.467. The van der Waals surface area contributed by atoms with Gasteiger partial charge < -0.3 is 25.4 Å². The number of amides is 3. The number of likely N-dealkylation sites (tertiary alicyclic amines) is 1. The van der Waals surface area contributed by atoms with E-state index in [1.54, 1.807) is 29.2 Å². The Morgan fingerprint density at radius 1 is 1.45 bits per heavy atom. The molecule has 22 heavy (non-hydrogen) atoms. The molecule has 3 N–H and O–H groups in total. The highest BCUT2D eigenvalue weighted by molar-refractivity contribution is 5.90. The number of aliphatic hydroxyl groups excluding tert-OH is 1. The van der Waals surface area contributed by atoms with Crippen LogP contribution in [0.25, 0.3) is 0 Å². The van der Waals surface area contributed by atoms with Gasteiger partial charge in [0.2, 0.25) is 5.91 Å². The number of nitrogens with zero attached hydrogens (tertiary/aromatic N) is 1. The maximum absolute atomic E-state index is 11.8. The first-order chi connectivity index (χ1) is 10.6. The van der Waals surface area contributed by atoms with Crippen LogP contribution in [0, 0.1) is 0 Å². The Morgan fingerprint density at radius 3 is 2.91 bits per heavy atom. The SMILES string of the molecule is COc1ccccc1NC(=O)NC[C@H](O)CN1CCCC1=O. The maximum atomic E-state index is 11.8. The van der Waals surface area contributed by atoms with Crippen molar-refractivity contribution in [2.24, 2.45) is 0 Å². The number of ether oxygens (including phenoxy) is 1. The van der Waals surface area contributed by atoms with E-state index in [4.69, 9.17) is 4.74 Å². The van der Waals surface area contributed by atoms with Gasteiger partial charge >= 0.3 is 6.03 Å². The first-order valence-electron chi connectivity index (χ1n) is 7.24. The van der Waals surface area contributed by atoms with Crippen molar-refractivity contribution >= 4 is 17.6 Å². The molecule has 1 aliphatic heterocycles. The molecule has 7 heteroatoms. The molecule has 1 aliphatic rings. The van der Waals surface area contributed by atoms with Gasteiger partial charge in [-0.1, -0.05) is 12.1 Å². The molecule has 120 valence electrons. The van der Waals surface area contributed by atoms with E-state index < -0.39 is 12.1 Å². The van der Waals surface area contributed by atoms with Crippen LogP contribution in [0.1, 0.15) is 12.8 Å². The minimum Gasteiger partial charge on any atom is -0.495 e. The van der Waals surface area contributed by atoms with Gasteiger partial charge in [-0.25, -0.2) is 4.79 Å². The van der Waals surface area contributed by atoms with E-state index in [-0.39, 0.29) is 19.0 Å². The van der Waals surface area contributed by atoms with E-state index in [1.165, 1.54) is 7.11 Å². The summed E-state index contributed by atoms with van der Waals surface area (Å²) in [7, 11) is 1.52. The first-order valence-corrected chi connectivity index (χ1v) is 7.24. The van der Waals surface area contributed by atoms with Gasteiger partial charge in [0.25, 0.3) is 0 Å². The van der Waals surface area contributed by atoms with Crippen molar-refractivity contribution in [2.75, 3.05) is 32.1 Å². The summed E-state index contributed by atoms with van der Waals surface area (Å²) in [6.45, 7) is 0.988. The summed E-state index contributed by atoms with van der Waals surface area (Å²) in [6.07, 6.45) is 0.576. The highest BCUT2D eigenvalue weighted by Crippen LogP contribution is 2.22. The standard InChI is InChI=1S/C15H21N3O4/c1-22-13-6-3-2-5-12(13)17-15(21)16-9-11(19)10-18-8-4-7-14(18)20/h2-3,5-6,11,19H,4,7-10H2,1H3,(H2,16,17,21)/t11-/m0/s1. The van der Waals surface area contributed by atoms with E-state index >= 15 is 0 Å². The number of para-hydroxylation sites is 2. The fourth-order valence-electron chi connectivity index (χ4n) is 2.34. The number of urea groups is 1. The van der Waals surface area contributed by atoms with Crippen molar-refractivity contribution in [3.8, 4) is 5.75 Å². The van der Waals surface area contributed by atoms with Crippen LogP contribution in [0.2, 0.25) is 0 Å². The molecule has 1 heterocycles. The topological polar surface area (TPSA) is 90.9 Å². The zero-order valence-corrected chi connectivity index (χ0v) is 12.5. The van der Waals surface area contributed by atoms with E-state index in [1.807, 2.05) is 0 Å². The molecule has 0 unspecified atom stereocenters. The number of aliphatic hydroxyl groups is 1. The molecular weight excluding hydrogens is 286 g/mol. The molecule has 0 spiro atoms. The number of hydrogen-bond acceptors (Lipinski definition) is 4. The van der Waals surface area contributed by atoms with Crippen molar-refractivity contribution in [2.45, 2.75) is 18.9 Å². The van der Waals surface area contributed by atoms with Crippen molar-refractivity contribution in [3.05, 3.63) is 24.3 Å². The van der Waals surface area contributed by atoms with Crippen LogP contribution in [0.15, 0.2) is 24.3 Å². The number of rotatable bonds is 6. The molecule has 1 fully saturated rings. The number of anilines is 1. The molecule has 3 amide bonds. The second-order valence-corrected chi connectivity index (χ2v) is 5.13. The van der Waals surface area contributed by atoms with Gasteiger partial charge in [0.15, 0.2) is 0 Å². The Kier molecular flexibility index (Phi) is 5.60. The van der Waals surface area contributed by atoms with Gasteiger partial charge in [-0.05, 0) is 18.6 Å². The van der Waals surface area contributed by atoms with Crippen LogP contribution < -0.4 is 15.4 Å². The summed E-state index contributed by atoms with van der Waals surface area (Å²) in [6, 6.07) is 6.61. The Labute approximate surface area is 129 Å². The zero-order valence-electron chi connectivity index (χ0n) is 12.5. The number of carbonyl (C=O) groups excluding carboxylic acids is 2. The second kappa shape index (κ2) is 7.65. The number of benzene rings is 1. The molecule has 1 aromatic rings. The highest BCUT2D eigenvalue weighted by atomic mass is 16.5. The molecule has 0 aliphatic carbocycles. The molecule has 0 saturated carbocycles. The van der Waals surface area contributed by atoms with Crippen molar-refractivity contribution in [1.29, 1.82) is 0 Å².